The van der Waals surface area contributed by atoms with Gasteiger partial charge in [-0.05, 0) is 48.1 Å². The van der Waals surface area contributed by atoms with Gasteiger partial charge in [-0.3, -0.25) is 4.98 Å². The Morgan fingerprint density at radius 2 is 1.43 bits per heavy atom. The monoisotopic (exact) mass is 275 g/mol. The van der Waals surface area contributed by atoms with Gasteiger partial charge in [-0.1, -0.05) is 52.0 Å². The molecule has 1 aromatic carbocycles. The maximum absolute atomic E-state index is 4.86. The third kappa shape index (κ3) is 3.05. The summed E-state index contributed by atoms with van der Waals surface area (Å²) in [6.45, 7) is 9.69. The van der Waals surface area contributed by atoms with Gasteiger partial charge in [-0.15, -0.1) is 0 Å². The number of nitrogens with zero attached hydrogens (tertiary/aromatic N) is 1. The van der Waals surface area contributed by atoms with Gasteiger partial charge in [0.1, 0.15) is 0 Å². The molecule has 2 aromatic rings. The third-order valence-corrected chi connectivity index (χ3v) is 5.94. The van der Waals surface area contributed by atoms with Gasteiger partial charge in [0, 0.05) is 11.1 Å². The number of hydrogen-bond donors (Lipinski definition) is 0. The summed E-state index contributed by atoms with van der Waals surface area (Å²) in [5.41, 5.74) is 2.39. The predicted molar refractivity (Wildman–Crippen MR) is 92.7 cm³/mol. The average molecular weight is 275 g/mol. The van der Waals surface area contributed by atoms with Crippen LogP contribution < -0.4 is 0 Å². The summed E-state index contributed by atoms with van der Waals surface area (Å²) in [5.74, 6) is 4.03. The Kier molecular flexibility index (Phi) is 5.18. The summed E-state index contributed by atoms with van der Waals surface area (Å²) in [6.07, 6.45) is 1.13. The van der Waals surface area contributed by atoms with E-state index in [1.807, 2.05) is 0 Å². The van der Waals surface area contributed by atoms with E-state index < -0.39 is 0 Å². The molecule has 1 saturated carbocycles. The summed E-state index contributed by atoms with van der Waals surface area (Å²) in [4.78, 5) is 4.86. The van der Waals surface area contributed by atoms with Crippen LogP contribution in [0.2, 0.25) is 0 Å². The molecule has 4 unspecified atom stereocenters. The predicted octanol–water partition coefficient (Wildman–Crippen LogP) is 4.30. The van der Waals surface area contributed by atoms with E-state index in [2.05, 4.69) is 64.1 Å². The number of para-hydroxylation sites is 1. The van der Waals surface area contributed by atoms with Crippen molar-refractivity contribution in [2.75, 3.05) is 0 Å². The zero-order chi connectivity index (χ0) is 14.3. The first-order chi connectivity index (χ1) is 9.58. The SMILES string of the molecule is CC1C(C)C(C)C(Cc2ccc3ccccc3n2)C1C.[LiH]. The Labute approximate surface area is 140 Å². The van der Waals surface area contributed by atoms with Crippen LogP contribution in [0.1, 0.15) is 33.4 Å². The molecular formula is C19H26LiN. The first-order valence-corrected chi connectivity index (χ1v) is 7.92. The number of rotatable bonds is 2. The molecule has 108 valence electrons. The van der Waals surface area contributed by atoms with Crippen molar-refractivity contribution in [3.05, 3.63) is 42.1 Å². The van der Waals surface area contributed by atoms with Crippen molar-refractivity contribution in [2.45, 2.75) is 34.1 Å². The van der Waals surface area contributed by atoms with E-state index >= 15 is 0 Å². The fourth-order valence-corrected chi connectivity index (χ4v) is 4.05. The fraction of sp³-hybridized carbons (Fsp3) is 0.526. The van der Waals surface area contributed by atoms with E-state index in [1.165, 1.54) is 11.1 Å². The summed E-state index contributed by atoms with van der Waals surface area (Å²) < 4.78 is 0. The average Bonchev–Trinajstić information content (AvgIpc) is 2.65. The Morgan fingerprint density at radius 1 is 0.810 bits per heavy atom. The van der Waals surface area contributed by atoms with Gasteiger partial charge < -0.3 is 0 Å². The maximum atomic E-state index is 4.86. The molecular weight excluding hydrogens is 249 g/mol. The van der Waals surface area contributed by atoms with E-state index in [1.54, 1.807) is 0 Å². The summed E-state index contributed by atoms with van der Waals surface area (Å²) in [6, 6.07) is 12.8. The summed E-state index contributed by atoms with van der Waals surface area (Å²) >= 11 is 0. The molecule has 0 spiro atoms. The molecule has 1 heterocycles. The molecule has 0 N–H and O–H groups in total. The third-order valence-electron chi connectivity index (χ3n) is 5.94. The first-order valence-electron chi connectivity index (χ1n) is 7.92. The number of hydrogen-bond acceptors (Lipinski definition) is 1. The normalized spacial score (nSPS) is 32.1. The molecule has 0 saturated heterocycles. The van der Waals surface area contributed by atoms with Crippen LogP contribution in [0, 0.1) is 29.6 Å². The van der Waals surface area contributed by atoms with E-state index in [0.29, 0.717) is 0 Å². The zero-order valence-corrected chi connectivity index (χ0v) is 13.0. The van der Waals surface area contributed by atoms with E-state index in [-0.39, 0.29) is 18.9 Å². The standard InChI is InChI=1S/C19H25N.Li.H/c1-12-13(2)15(4)18(14(12)3)11-17-10-9-16-7-5-6-8-19(16)20-17;;/h5-10,12-15,18H,11H2,1-4H3;;. The minimum atomic E-state index is 0. The Morgan fingerprint density at radius 3 is 2.10 bits per heavy atom. The van der Waals surface area contributed by atoms with E-state index in [4.69, 9.17) is 4.98 Å². The zero-order valence-electron chi connectivity index (χ0n) is 13.0. The second-order valence-electron chi connectivity index (χ2n) is 6.80. The first kappa shape index (κ1) is 16.6. The van der Waals surface area contributed by atoms with Crippen molar-refractivity contribution in [1.82, 2.24) is 4.98 Å². The molecule has 0 aliphatic heterocycles. The van der Waals surface area contributed by atoms with Gasteiger partial charge in [0.25, 0.3) is 0 Å². The van der Waals surface area contributed by atoms with Crippen LogP contribution in [0.25, 0.3) is 10.9 Å². The molecule has 1 nitrogen and oxygen atoms in total. The van der Waals surface area contributed by atoms with Crippen LogP contribution in [-0.4, -0.2) is 23.8 Å². The number of aromatic nitrogens is 1. The minimum absolute atomic E-state index is 0. The second kappa shape index (κ2) is 6.55. The number of benzene rings is 1. The summed E-state index contributed by atoms with van der Waals surface area (Å²) in [5, 5.41) is 1.24. The molecule has 3 rings (SSSR count). The van der Waals surface area contributed by atoms with Crippen molar-refractivity contribution >= 4 is 29.8 Å². The van der Waals surface area contributed by atoms with Crippen molar-refractivity contribution in [3.8, 4) is 0 Å². The molecule has 1 aliphatic rings. The van der Waals surface area contributed by atoms with Crippen LogP contribution in [-0.2, 0) is 6.42 Å². The molecule has 21 heavy (non-hydrogen) atoms. The van der Waals surface area contributed by atoms with Crippen molar-refractivity contribution in [2.24, 2.45) is 29.6 Å². The molecule has 0 radical (unpaired) electrons. The number of pyridine rings is 1. The van der Waals surface area contributed by atoms with Crippen LogP contribution in [0.3, 0.4) is 0 Å². The molecule has 1 aliphatic carbocycles. The van der Waals surface area contributed by atoms with E-state index in [9.17, 15) is 0 Å². The number of fused-ring (bicyclic) bond motifs is 1. The molecule has 0 bridgehead atoms. The molecule has 4 atom stereocenters. The van der Waals surface area contributed by atoms with Crippen LogP contribution >= 0.6 is 0 Å². The Balaban J connectivity index is 0.00000161. The van der Waals surface area contributed by atoms with Gasteiger partial charge >= 0.3 is 18.9 Å². The molecule has 1 fully saturated rings. The fourth-order valence-electron chi connectivity index (χ4n) is 4.05. The van der Waals surface area contributed by atoms with Gasteiger partial charge in [0.2, 0.25) is 0 Å². The van der Waals surface area contributed by atoms with Gasteiger partial charge in [-0.25, -0.2) is 0 Å². The van der Waals surface area contributed by atoms with Gasteiger partial charge in [0.05, 0.1) is 5.52 Å². The summed E-state index contributed by atoms with van der Waals surface area (Å²) in [7, 11) is 0. The Bertz CT molecular complexity index is 595. The van der Waals surface area contributed by atoms with E-state index in [0.717, 1.165) is 41.5 Å². The van der Waals surface area contributed by atoms with Crippen molar-refractivity contribution in [3.63, 3.8) is 0 Å². The van der Waals surface area contributed by atoms with Crippen LogP contribution in [0.15, 0.2) is 36.4 Å². The molecule has 1 aromatic heterocycles. The molecule has 0 amide bonds. The van der Waals surface area contributed by atoms with Gasteiger partial charge in [-0.2, -0.15) is 0 Å². The Hall–Kier alpha value is -0.773. The van der Waals surface area contributed by atoms with Crippen LogP contribution in [0.4, 0.5) is 0 Å². The van der Waals surface area contributed by atoms with Gasteiger partial charge in [0.15, 0.2) is 0 Å². The van der Waals surface area contributed by atoms with Crippen LogP contribution in [0.5, 0.6) is 0 Å². The van der Waals surface area contributed by atoms with Crippen molar-refractivity contribution < 1.29 is 0 Å². The quantitative estimate of drug-likeness (QED) is 0.744. The molecule has 2 heteroatoms. The van der Waals surface area contributed by atoms with Crippen molar-refractivity contribution in [1.29, 1.82) is 0 Å². The topological polar surface area (TPSA) is 12.9 Å². The second-order valence-corrected chi connectivity index (χ2v) is 6.80.